The van der Waals surface area contributed by atoms with Crippen molar-refractivity contribution >= 4 is 8.32 Å². The molecule has 0 radical (unpaired) electrons. The van der Waals surface area contributed by atoms with Crippen molar-refractivity contribution in [3.8, 4) is 11.8 Å². The normalized spacial score (nSPS) is 12.7. The lowest BCUT2D eigenvalue weighted by Gasteiger charge is -2.37. The molecule has 0 aliphatic heterocycles. The second-order valence-corrected chi connectivity index (χ2v) is 11.9. The van der Waals surface area contributed by atoms with Gasteiger partial charge in [0.2, 0.25) is 0 Å². The fourth-order valence-electron chi connectivity index (χ4n) is 1.69. The molecule has 0 aromatic heterocycles. The van der Waals surface area contributed by atoms with Gasteiger partial charge in [-0.1, -0.05) is 45.2 Å². The highest BCUT2D eigenvalue weighted by molar-refractivity contribution is 6.74. The lowest BCUT2D eigenvalue weighted by atomic mass is 9.93. The van der Waals surface area contributed by atoms with Crippen LogP contribution in [0.2, 0.25) is 18.1 Å². The molecule has 0 rings (SSSR count). The van der Waals surface area contributed by atoms with Crippen LogP contribution in [0.4, 0.5) is 0 Å². The van der Waals surface area contributed by atoms with Gasteiger partial charge >= 0.3 is 0 Å². The zero-order valence-corrected chi connectivity index (χ0v) is 16.0. The summed E-state index contributed by atoms with van der Waals surface area (Å²) in [6.07, 6.45) is 2.73. The summed E-state index contributed by atoms with van der Waals surface area (Å²) in [5.74, 6) is 7.44. The maximum atomic E-state index is 6.30. The molecular formula is C19H32OSi. The van der Waals surface area contributed by atoms with E-state index in [1.165, 1.54) is 5.57 Å². The van der Waals surface area contributed by atoms with Gasteiger partial charge in [-0.3, -0.25) is 0 Å². The highest BCUT2D eigenvalue weighted by atomic mass is 28.4. The molecule has 0 saturated heterocycles. The first-order valence-corrected chi connectivity index (χ1v) is 10.6. The topological polar surface area (TPSA) is 9.23 Å². The van der Waals surface area contributed by atoms with E-state index in [0.29, 0.717) is 5.92 Å². The van der Waals surface area contributed by atoms with Crippen LogP contribution in [0.25, 0.3) is 0 Å². The largest absolute Gasteiger partial charge is 0.541 e. The van der Waals surface area contributed by atoms with Crippen LogP contribution in [0, 0.1) is 17.8 Å². The summed E-state index contributed by atoms with van der Waals surface area (Å²) >= 11 is 0. The highest BCUT2D eigenvalue weighted by Crippen LogP contribution is 2.38. The molecule has 0 unspecified atom stereocenters. The Morgan fingerprint density at radius 2 is 1.86 bits per heavy atom. The van der Waals surface area contributed by atoms with Gasteiger partial charge in [-0.15, -0.1) is 11.8 Å². The quantitative estimate of drug-likeness (QED) is 0.182. The van der Waals surface area contributed by atoms with E-state index in [2.05, 4.69) is 71.5 Å². The second-order valence-electron chi connectivity index (χ2n) is 7.18. The van der Waals surface area contributed by atoms with Crippen LogP contribution in [0.1, 0.15) is 53.9 Å². The zero-order chi connectivity index (χ0) is 16.7. The van der Waals surface area contributed by atoms with Gasteiger partial charge in [0.05, 0.1) is 0 Å². The van der Waals surface area contributed by atoms with Gasteiger partial charge in [-0.25, -0.2) is 0 Å². The standard InChI is InChI=1S/C19H32OSi/c1-10-12-13-17(16(3)4)14-15-18(11-2)20-21(8,9)19(5,6)7/h17H,2-3,13-15H2,1,4-9H3/t17-/m0/s1. The number of hydrogen-bond donors (Lipinski definition) is 0. The van der Waals surface area contributed by atoms with Gasteiger partial charge in [-0.05, 0) is 44.3 Å². The van der Waals surface area contributed by atoms with E-state index >= 15 is 0 Å². The molecule has 0 spiro atoms. The molecule has 118 valence electrons. The van der Waals surface area contributed by atoms with Crippen molar-refractivity contribution in [2.45, 2.75) is 72.0 Å². The molecule has 0 amide bonds. The van der Waals surface area contributed by atoms with Crippen LogP contribution in [0.15, 0.2) is 30.2 Å². The zero-order valence-electron chi connectivity index (χ0n) is 15.0. The molecule has 0 N–H and O–H groups in total. The Kier molecular flexibility index (Phi) is 7.86. The fraction of sp³-hybridized carbons (Fsp3) is 0.632. The minimum absolute atomic E-state index is 0.191. The monoisotopic (exact) mass is 304 g/mol. The smallest absolute Gasteiger partial charge is 0.250 e. The van der Waals surface area contributed by atoms with Crippen molar-refractivity contribution in [3.05, 3.63) is 30.2 Å². The highest BCUT2D eigenvalue weighted by Gasteiger charge is 2.39. The number of allylic oxidation sites excluding steroid dienone is 2. The minimum atomic E-state index is -1.80. The van der Waals surface area contributed by atoms with Crippen LogP contribution < -0.4 is 0 Å². The minimum Gasteiger partial charge on any atom is -0.541 e. The maximum Gasteiger partial charge on any atom is 0.250 e. The van der Waals surface area contributed by atoms with Crippen LogP contribution in [-0.4, -0.2) is 8.32 Å². The van der Waals surface area contributed by atoms with Gasteiger partial charge in [0.25, 0.3) is 8.32 Å². The Labute approximate surface area is 133 Å². The molecule has 1 nitrogen and oxygen atoms in total. The predicted octanol–water partition coefficient (Wildman–Crippen LogP) is 6.06. The van der Waals surface area contributed by atoms with Crippen LogP contribution in [-0.2, 0) is 4.43 Å². The van der Waals surface area contributed by atoms with Gasteiger partial charge in [-0.2, -0.15) is 0 Å². The molecule has 0 aromatic carbocycles. The summed E-state index contributed by atoms with van der Waals surface area (Å²) in [6, 6.07) is 0. The van der Waals surface area contributed by atoms with Crippen LogP contribution in [0.3, 0.4) is 0 Å². The first-order chi connectivity index (χ1) is 9.55. The van der Waals surface area contributed by atoms with Crippen molar-refractivity contribution in [2.75, 3.05) is 0 Å². The Hall–Kier alpha value is -1.16. The third-order valence-corrected chi connectivity index (χ3v) is 8.69. The van der Waals surface area contributed by atoms with Gasteiger partial charge in [0.15, 0.2) is 0 Å². The Morgan fingerprint density at radius 3 is 2.24 bits per heavy atom. The first kappa shape index (κ1) is 19.8. The average molecular weight is 305 g/mol. The molecule has 0 fully saturated rings. The second kappa shape index (κ2) is 8.32. The fourth-order valence-corrected chi connectivity index (χ4v) is 2.79. The number of rotatable bonds is 7. The summed E-state index contributed by atoms with van der Waals surface area (Å²) in [7, 11) is -1.80. The predicted molar refractivity (Wildman–Crippen MR) is 96.5 cm³/mol. The molecule has 0 heterocycles. The SMILES string of the molecule is C=C=C(CC[C@H](CC#CC)C(=C)C)O[Si](C)(C)C(C)(C)C. The summed E-state index contributed by atoms with van der Waals surface area (Å²) in [5, 5.41) is 0.191. The van der Waals surface area contributed by atoms with Gasteiger partial charge < -0.3 is 4.43 Å². The van der Waals surface area contributed by atoms with Crippen molar-refractivity contribution in [1.82, 2.24) is 0 Å². The molecular weight excluding hydrogens is 272 g/mol. The van der Waals surface area contributed by atoms with E-state index in [-0.39, 0.29) is 5.04 Å². The molecule has 0 aliphatic carbocycles. The molecule has 0 bridgehead atoms. The lowest BCUT2D eigenvalue weighted by molar-refractivity contribution is 0.356. The molecule has 0 aromatic rings. The van der Waals surface area contributed by atoms with Crippen molar-refractivity contribution in [1.29, 1.82) is 0 Å². The van der Waals surface area contributed by atoms with Crippen LogP contribution in [0.5, 0.6) is 0 Å². The Balaban J connectivity index is 4.76. The molecule has 0 saturated carbocycles. The van der Waals surface area contributed by atoms with E-state index in [1.807, 2.05) is 6.92 Å². The van der Waals surface area contributed by atoms with Crippen LogP contribution >= 0.6 is 0 Å². The van der Waals surface area contributed by atoms with E-state index < -0.39 is 8.32 Å². The van der Waals surface area contributed by atoms with Crippen molar-refractivity contribution in [3.63, 3.8) is 0 Å². The molecule has 2 heteroatoms. The summed E-state index contributed by atoms with van der Waals surface area (Å²) in [5.41, 5.74) is 4.18. The number of hydrogen-bond acceptors (Lipinski definition) is 1. The molecule has 1 atom stereocenters. The molecule has 21 heavy (non-hydrogen) atoms. The van der Waals surface area contributed by atoms with Gasteiger partial charge in [0, 0.05) is 12.8 Å². The van der Waals surface area contributed by atoms with Crippen molar-refractivity contribution < 1.29 is 4.43 Å². The van der Waals surface area contributed by atoms with E-state index in [1.54, 1.807) is 0 Å². The van der Waals surface area contributed by atoms with Gasteiger partial charge in [0.1, 0.15) is 5.76 Å². The Morgan fingerprint density at radius 1 is 1.29 bits per heavy atom. The first-order valence-electron chi connectivity index (χ1n) is 7.68. The van der Waals surface area contributed by atoms with E-state index in [9.17, 15) is 0 Å². The third-order valence-electron chi connectivity index (χ3n) is 4.32. The summed E-state index contributed by atoms with van der Waals surface area (Å²) < 4.78 is 6.30. The lowest BCUT2D eigenvalue weighted by Crippen LogP contribution is -2.40. The van der Waals surface area contributed by atoms with E-state index in [4.69, 9.17) is 4.43 Å². The molecule has 0 aliphatic rings. The third kappa shape index (κ3) is 6.89. The summed E-state index contributed by atoms with van der Waals surface area (Å²) in [4.78, 5) is 0. The Bertz CT molecular complexity index is 462. The van der Waals surface area contributed by atoms with Crippen molar-refractivity contribution in [2.24, 2.45) is 5.92 Å². The average Bonchev–Trinajstić information content (AvgIpc) is 2.35. The van der Waals surface area contributed by atoms with E-state index in [0.717, 1.165) is 25.0 Å². The maximum absolute atomic E-state index is 6.30. The summed E-state index contributed by atoms with van der Waals surface area (Å²) in [6.45, 7) is 23.1.